The predicted octanol–water partition coefficient (Wildman–Crippen LogP) is 1.83. The van der Waals surface area contributed by atoms with Crippen molar-refractivity contribution in [3.05, 3.63) is 46.1 Å². The van der Waals surface area contributed by atoms with Crippen LogP contribution >= 0.6 is 11.6 Å². The molecule has 3 rings (SSSR count). The van der Waals surface area contributed by atoms with E-state index >= 15 is 0 Å². The molecule has 1 saturated heterocycles. The van der Waals surface area contributed by atoms with Crippen LogP contribution in [0.2, 0.25) is 5.02 Å². The second kappa shape index (κ2) is 6.60. The maximum Gasteiger partial charge on any atom is 0.319 e. The molecule has 2 heterocycles. The number of nitrogens with zero attached hydrogens (tertiary/aromatic N) is 1. The summed E-state index contributed by atoms with van der Waals surface area (Å²) in [6.45, 7) is 3.89. The van der Waals surface area contributed by atoms with Gasteiger partial charge in [-0.1, -0.05) is 23.7 Å². The number of halogens is 1. The van der Waals surface area contributed by atoms with Gasteiger partial charge in [0.05, 0.1) is 24.8 Å². The minimum absolute atomic E-state index is 0.0942. The maximum absolute atomic E-state index is 12.9. The lowest BCUT2D eigenvalue weighted by Crippen LogP contribution is -2.49. The summed E-state index contributed by atoms with van der Waals surface area (Å²) in [4.78, 5) is 26.5. The van der Waals surface area contributed by atoms with Gasteiger partial charge in [-0.2, -0.15) is 0 Å². The third kappa shape index (κ3) is 3.33. The Morgan fingerprint density at radius 2 is 2.09 bits per heavy atom. The Morgan fingerprint density at radius 3 is 2.78 bits per heavy atom. The quantitative estimate of drug-likeness (QED) is 0.866. The highest BCUT2D eigenvalue weighted by atomic mass is 35.5. The van der Waals surface area contributed by atoms with E-state index in [9.17, 15) is 9.59 Å². The summed E-state index contributed by atoms with van der Waals surface area (Å²) < 4.78 is 5.30. The van der Waals surface area contributed by atoms with E-state index in [0.29, 0.717) is 42.6 Å². The normalized spacial score (nSPS) is 21.7. The number of hydrogen-bond acceptors (Lipinski definition) is 3. The molecule has 1 fully saturated rings. The summed E-state index contributed by atoms with van der Waals surface area (Å²) in [5, 5.41) is 6.06. The molecule has 1 aromatic carbocycles. The van der Waals surface area contributed by atoms with E-state index in [4.69, 9.17) is 16.3 Å². The number of benzene rings is 1. The zero-order valence-corrected chi connectivity index (χ0v) is 13.5. The van der Waals surface area contributed by atoms with Crippen LogP contribution in [0.5, 0.6) is 0 Å². The summed E-state index contributed by atoms with van der Waals surface area (Å²) >= 11 is 6.06. The fraction of sp³-hybridized carbons (Fsp3) is 0.375. The molecule has 0 saturated carbocycles. The van der Waals surface area contributed by atoms with Crippen LogP contribution < -0.4 is 10.6 Å². The van der Waals surface area contributed by atoms with Crippen molar-refractivity contribution in [1.82, 2.24) is 15.5 Å². The Morgan fingerprint density at radius 1 is 1.35 bits per heavy atom. The van der Waals surface area contributed by atoms with Gasteiger partial charge in [0, 0.05) is 23.8 Å². The molecule has 1 atom stereocenters. The molecular weight excluding hydrogens is 318 g/mol. The molecule has 2 aliphatic rings. The third-order valence-electron chi connectivity index (χ3n) is 3.98. The predicted molar refractivity (Wildman–Crippen MR) is 86.0 cm³/mol. The zero-order chi connectivity index (χ0) is 16.4. The first-order chi connectivity index (χ1) is 11.1. The molecule has 0 unspecified atom stereocenters. The first-order valence-corrected chi connectivity index (χ1v) is 7.85. The average molecular weight is 336 g/mol. The second-order valence-electron chi connectivity index (χ2n) is 5.53. The second-order valence-corrected chi connectivity index (χ2v) is 5.97. The highest BCUT2D eigenvalue weighted by Gasteiger charge is 2.34. The van der Waals surface area contributed by atoms with Crippen molar-refractivity contribution in [3.63, 3.8) is 0 Å². The van der Waals surface area contributed by atoms with Crippen molar-refractivity contribution >= 4 is 23.5 Å². The number of allylic oxidation sites excluding steroid dienone is 1. The Kier molecular flexibility index (Phi) is 4.54. The molecule has 3 amide bonds. The monoisotopic (exact) mass is 335 g/mol. The summed E-state index contributed by atoms with van der Waals surface area (Å²) in [5.41, 5.74) is 1.88. The summed E-state index contributed by atoms with van der Waals surface area (Å²) in [6.07, 6.45) is 0. The smallest absolute Gasteiger partial charge is 0.319 e. The van der Waals surface area contributed by atoms with Crippen LogP contribution in [0.4, 0.5) is 4.79 Å². The summed E-state index contributed by atoms with van der Waals surface area (Å²) in [6, 6.07) is 6.33. The van der Waals surface area contributed by atoms with Gasteiger partial charge in [0.2, 0.25) is 0 Å². The molecule has 23 heavy (non-hydrogen) atoms. The molecule has 2 aliphatic heterocycles. The minimum Gasteiger partial charge on any atom is -0.378 e. The van der Waals surface area contributed by atoms with E-state index in [1.54, 1.807) is 30.0 Å². The van der Waals surface area contributed by atoms with Crippen molar-refractivity contribution in [2.45, 2.75) is 13.0 Å². The van der Waals surface area contributed by atoms with Crippen LogP contribution in [-0.4, -0.2) is 43.1 Å². The van der Waals surface area contributed by atoms with Crippen LogP contribution in [0.15, 0.2) is 35.5 Å². The van der Waals surface area contributed by atoms with Gasteiger partial charge >= 0.3 is 6.03 Å². The fourth-order valence-corrected chi connectivity index (χ4v) is 3.05. The Hall–Kier alpha value is -2.05. The van der Waals surface area contributed by atoms with Crippen LogP contribution in [-0.2, 0) is 9.53 Å². The molecule has 6 nitrogen and oxygen atoms in total. The highest BCUT2D eigenvalue weighted by molar-refractivity contribution is 6.30. The van der Waals surface area contributed by atoms with Crippen LogP contribution in [0.25, 0.3) is 0 Å². The number of morpholine rings is 1. The lowest BCUT2D eigenvalue weighted by atomic mass is 9.94. The van der Waals surface area contributed by atoms with E-state index in [2.05, 4.69) is 10.6 Å². The van der Waals surface area contributed by atoms with Crippen LogP contribution in [0.3, 0.4) is 0 Å². The number of amides is 3. The lowest BCUT2D eigenvalue weighted by molar-refractivity contribution is -0.131. The van der Waals surface area contributed by atoms with Gasteiger partial charge in [0.1, 0.15) is 0 Å². The molecule has 0 radical (unpaired) electrons. The highest BCUT2D eigenvalue weighted by Crippen LogP contribution is 2.29. The Balaban J connectivity index is 1.97. The third-order valence-corrected chi connectivity index (χ3v) is 4.21. The van der Waals surface area contributed by atoms with Gasteiger partial charge in [-0.05, 0) is 24.6 Å². The molecular formula is C16H18ClN3O3. The van der Waals surface area contributed by atoms with Crippen LogP contribution in [0, 0.1) is 0 Å². The van der Waals surface area contributed by atoms with Gasteiger partial charge in [0.25, 0.3) is 5.91 Å². The van der Waals surface area contributed by atoms with Crippen molar-refractivity contribution in [1.29, 1.82) is 0 Å². The molecule has 0 bridgehead atoms. The first kappa shape index (κ1) is 15.8. The van der Waals surface area contributed by atoms with E-state index in [0.717, 1.165) is 5.56 Å². The average Bonchev–Trinajstić information content (AvgIpc) is 2.54. The Bertz CT molecular complexity index is 668. The zero-order valence-electron chi connectivity index (χ0n) is 12.8. The first-order valence-electron chi connectivity index (χ1n) is 7.47. The molecule has 0 aromatic heterocycles. The maximum atomic E-state index is 12.9. The van der Waals surface area contributed by atoms with Crippen molar-refractivity contribution < 1.29 is 14.3 Å². The molecule has 0 aliphatic carbocycles. The van der Waals surface area contributed by atoms with Gasteiger partial charge in [-0.3, -0.25) is 4.79 Å². The number of carbonyl (C=O) groups excluding carboxylic acids is 2. The van der Waals surface area contributed by atoms with E-state index in [-0.39, 0.29) is 11.9 Å². The SMILES string of the molecule is CC1=C(C(=O)N2CCOCC2)[C@H](c2cccc(Cl)c2)NC(=O)N1. The van der Waals surface area contributed by atoms with Gasteiger partial charge in [-0.25, -0.2) is 4.79 Å². The van der Waals surface area contributed by atoms with E-state index in [1.165, 1.54) is 0 Å². The number of carbonyl (C=O) groups is 2. The van der Waals surface area contributed by atoms with Crippen LogP contribution in [0.1, 0.15) is 18.5 Å². The van der Waals surface area contributed by atoms with Crippen molar-refractivity contribution in [2.75, 3.05) is 26.3 Å². The molecule has 1 aromatic rings. The number of ether oxygens (including phenoxy) is 1. The molecule has 122 valence electrons. The van der Waals surface area contributed by atoms with Crippen molar-refractivity contribution in [3.8, 4) is 0 Å². The summed E-state index contributed by atoms with van der Waals surface area (Å²) in [5.74, 6) is -0.0942. The molecule has 2 N–H and O–H groups in total. The fourth-order valence-electron chi connectivity index (χ4n) is 2.85. The minimum atomic E-state index is -0.516. The number of hydrogen-bond donors (Lipinski definition) is 2. The summed E-state index contributed by atoms with van der Waals surface area (Å²) in [7, 11) is 0. The lowest BCUT2D eigenvalue weighted by Gasteiger charge is -2.34. The van der Waals surface area contributed by atoms with E-state index < -0.39 is 6.04 Å². The topological polar surface area (TPSA) is 70.7 Å². The number of rotatable bonds is 2. The van der Waals surface area contributed by atoms with E-state index in [1.807, 2.05) is 6.07 Å². The van der Waals surface area contributed by atoms with Gasteiger partial charge in [0.15, 0.2) is 0 Å². The number of nitrogens with one attached hydrogen (secondary N) is 2. The standard InChI is InChI=1S/C16H18ClN3O3/c1-10-13(15(21)20-5-7-23-8-6-20)14(19-16(22)18-10)11-3-2-4-12(17)9-11/h2-4,9,14H,5-8H2,1H3,(H2,18,19,22)/t14-/m0/s1. The number of urea groups is 1. The molecule has 0 spiro atoms. The van der Waals surface area contributed by atoms with Gasteiger partial charge < -0.3 is 20.3 Å². The largest absolute Gasteiger partial charge is 0.378 e. The Labute approximate surface area is 139 Å². The van der Waals surface area contributed by atoms with Crippen molar-refractivity contribution in [2.24, 2.45) is 0 Å². The van der Waals surface area contributed by atoms with Gasteiger partial charge in [-0.15, -0.1) is 0 Å². The molecule has 7 heteroatoms.